The Hall–Kier alpha value is -1.42. The Morgan fingerprint density at radius 3 is 2.60 bits per heavy atom. The van der Waals surface area contributed by atoms with Crippen LogP contribution in [0, 0.1) is 0 Å². The van der Waals surface area contributed by atoms with Gasteiger partial charge in [-0.2, -0.15) is 0 Å². The van der Waals surface area contributed by atoms with Crippen molar-refractivity contribution in [2.45, 2.75) is 39.8 Å². The first-order chi connectivity index (χ1) is 9.35. The van der Waals surface area contributed by atoms with Gasteiger partial charge in [-0.1, -0.05) is 17.7 Å². The van der Waals surface area contributed by atoms with Crippen LogP contribution in [0.15, 0.2) is 23.2 Å². The molecule has 0 unspecified atom stereocenters. The van der Waals surface area contributed by atoms with Crippen LogP contribution in [0.2, 0.25) is 5.02 Å². The van der Waals surface area contributed by atoms with E-state index in [1.54, 1.807) is 7.05 Å². The van der Waals surface area contributed by atoms with Crippen LogP contribution in [0.3, 0.4) is 0 Å². The van der Waals surface area contributed by atoms with Gasteiger partial charge in [0.1, 0.15) is 5.75 Å². The minimum absolute atomic E-state index is 0.0371. The third-order valence-corrected chi connectivity index (χ3v) is 2.73. The van der Waals surface area contributed by atoms with Crippen LogP contribution in [-0.2, 0) is 6.54 Å². The van der Waals surface area contributed by atoms with Gasteiger partial charge in [-0.3, -0.25) is 4.99 Å². The quantitative estimate of drug-likeness (QED) is 0.663. The number of halogens is 1. The van der Waals surface area contributed by atoms with E-state index in [2.05, 4.69) is 36.4 Å². The summed E-state index contributed by atoms with van der Waals surface area (Å²) in [5.41, 5.74) is 1.01. The first-order valence-corrected chi connectivity index (χ1v) is 7.13. The van der Waals surface area contributed by atoms with Gasteiger partial charge in [0, 0.05) is 29.7 Å². The fourth-order valence-electron chi connectivity index (χ4n) is 1.68. The second kappa shape index (κ2) is 7.39. The van der Waals surface area contributed by atoms with Gasteiger partial charge in [0.05, 0.1) is 6.61 Å². The van der Waals surface area contributed by atoms with E-state index in [1.807, 2.05) is 25.1 Å². The number of guanidine groups is 1. The van der Waals surface area contributed by atoms with Crippen molar-refractivity contribution in [3.63, 3.8) is 0 Å². The van der Waals surface area contributed by atoms with E-state index in [1.165, 1.54) is 0 Å². The zero-order valence-corrected chi connectivity index (χ0v) is 13.6. The highest BCUT2D eigenvalue weighted by molar-refractivity contribution is 6.30. The summed E-state index contributed by atoms with van der Waals surface area (Å²) in [4.78, 5) is 4.21. The molecule has 0 saturated heterocycles. The molecule has 1 aromatic carbocycles. The average molecular weight is 298 g/mol. The maximum Gasteiger partial charge on any atom is 0.191 e. The number of ether oxygens (including phenoxy) is 1. The maximum atomic E-state index is 5.99. The molecule has 0 amide bonds. The van der Waals surface area contributed by atoms with Crippen molar-refractivity contribution in [3.05, 3.63) is 28.8 Å². The minimum atomic E-state index is -0.0371. The lowest BCUT2D eigenvalue weighted by molar-refractivity contribution is 0.336. The van der Waals surface area contributed by atoms with Gasteiger partial charge < -0.3 is 15.4 Å². The van der Waals surface area contributed by atoms with Crippen LogP contribution in [0.1, 0.15) is 33.3 Å². The largest absolute Gasteiger partial charge is 0.493 e. The summed E-state index contributed by atoms with van der Waals surface area (Å²) < 4.78 is 5.60. The van der Waals surface area contributed by atoms with Gasteiger partial charge in [-0.15, -0.1) is 0 Å². The molecule has 0 aliphatic carbocycles. The molecule has 20 heavy (non-hydrogen) atoms. The Morgan fingerprint density at radius 2 is 2.05 bits per heavy atom. The second-order valence-electron chi connectivity index (χ2n) is 5.49. The molecule has 5 heteroatoms. The summed E-state index contributed by atoms with van der Waals surface area (Å²) in [6, 6.07) is 5.66. The molecule has 2 N–H and O–H groups in total. The summed E-state index contributed by atoms with van der Waals surface area (Å²) in [5, 5.41) is 7.26. The summed E-state index contributed by atoms with van der Waals surface area (Å²) in [5.74, 6) is 1.56. The zero-order valence-electron chi connectivity index (χ0n) is 12.9. The number of nitrogens with one attached hydrogen (secondary N) is 2. The fourth-order valence-corrected chi connectivity index (χ4v) is 1.84. The van der Waals surface area contributed by atoms with Gasteiger partial charge in [0.2, 0.25) is 0 Å². The van der Waals surface area contributed by atoms with Crippen molar-refractivity contribution in [3.8, 4) is 5.75 Å². The van der Waals surface area contributed by atoms with Crippen molar-refractivity contribution >= 4 is 17.6 Å². The van der Waals surface area contributed by atoms with Crippen LogP contribution in [0.4, 0.5) is 0 Å². The minimum Gasteiger partial charge on any atom is -0.493 e. The molecule has 0 heterocycles. The Balaban J connectivity index is 2.73. The molecule has 1 aromatic rings. The molecule has 112 valence electrons. The van der Waals surface area contributed by atoms with E-state index in [0.717, 1.165) is 17.3 Å². The average Bonchev–Trinajstić information content (AvgIpc) is 2.35. The first-order valence-electron chi connectivity index (χ1n) is 6.75. The van der Waals surface area contributed by atoms with Crippen LogP contribution < -0.4 is 15.4 Å². The summed E-state index contributed by atoms with van der Waals surface area (Å²) in [6.07, 6.45) is 0. The third kappa shape index (κ3) is 5.70. The molecule has 0 aliphatic heterocycles. The van der Waals surface area contributed by atoms with Crippen molar-refractivity contribution < 1.29 is 4.74 Å². The van der Waals surface area contributed by atoms with Gasteiger partial charge in [-0.05, 0) is 39.8 Å². The molecular weight excluding hydrogens is 274 g/mol. The van der Waals surface area contributed by atoms with Gasteiger partial charge >= 0.3 is 0 Å². The number of aliphatic imine (C=N–C) groups is 1. The second-order valence-corrected chi connectivity index (χ2v) is 5.92. The smallest absolute Gasteiger partial charge is 0.191 e. The molecule has 0 fully saturated rings. The predicted octanol–water partition coefficient (Wildman–Crippen LogP) is 3.20. The molecule has 0 bridgehead atoms. The topological polar surface area (TPSA) is 45.6 Å². The van der Waals surface area contributed by atoms with Gasteiger partial charge in [-0.25, -0.2) is 0 Å². The summed E-state index contributed by atoms with van der Waals surface area (Å²) >= 11 is 5.99. The Bertz CT molecular complexity index is 467. The molecule has 0 radical (unpaired) electrons. The number of rotatable bonds is 4. The first kappa shape index (κ1) is 16.6. The molecule has 0 saturated carbocycles. The van der Waals surface area contributed by atoms with Crippen molar-refractivity contribution in [1.82, 2.24) is 10.6 Å². The number of hydrogen-bond donors (Lipinski definition) is 2. The summed E-state index contributed by atoms with van der Waals surface area (Å²) in [6.45, 7) is 9.47. The number of benzene rings is 1. The maximum absolute atomic E-state index is 5.99. The van der Waals surface area contributed by atoms with E-state index in [9.17, 15) is 0 Å². The SMILES string of the molecule is CCOc1cc(Cl)ccc1CNC(=NC)NC(C)(C)C. The zero-order chi connectivity index (χ0) is 15.2. The highest BCUT2D eigenvalue weighted by Gasteiger charge is 2.12. The van der Waals surface area contributed by atoms with E-state index < -0.39 is 0 Å². The molecule has 4 nitrogen and oxygen atoms in total. The van der Waals surface area contributed by atoms with Crippen LogP contribution in [0.25, 0.3) is 0 Å². The van der Waals surface area contributed by atoms with Crippen LogP contribution >= 0.6 is 11.6 Å². The molecule has 0 atom stereocenters. The standard InChI is InChI=1S/C15H24ClN3O/c1-6-20-13-9-12(16)8-7-11(13)10-18-14(17-5)19-15(2,3)4/h7-9H,6,10H2,1-5H3,(H2,17,18,19). The normalized spacial score (nSPS) is 12.2. The highest BCUT2D eigenvalue weighted by Crippen LogP contribution is 2.23. The molecule has 1 rings (SSSR count). The van der Waals surface area contributed by atoms with Gasteiger partial charge in [0.25, 0.3) is 0 Å². The lowest BCUT2D eigenvalue weighted by Gasteiger charge is -2.24. The monoisotopic (exact) mass is 297 g/mol. The van der Waals surface area contributed by atoms with E-state index >= 15 is 0 Å². The predicted molar refractivity (Wildman–Crippen MR) is 85.7 cm³/mol. The molecule has 0 aliphatic rings. The van der Waals surface area contributed by atoms with Gasteiger partial charge in [0.15, 0.2) is 5.96 Å². The molecule has 0 aromatic heterocycles. The number of hydrogen-bond acceptors (Lipinski definition) is 2. The third-order valence-electron chi connectivity index (χ3n) is 2.49. The Kier molecular flexibility index (Phi) is 6.14. The lowest BCUT2D eigenvalue weighted by Crippen LogP contribution is -2.47. The van der Waals surface area contributed by atoms with Crippen molar-refractivity contribution in [2.24, 2.45) is 4.99 Å². The fraction of sp³-hybridized carbons (Fsp3) is 0.533. The van der Waals surface area contributed by atoms with E-state index in [0.29, 0.717) is 18.2 Å². The Labute approximate surface area is 126 Å². The highest BCUT2D eigenvalue weighted by atomic mass is 35.5. The molecular formula is C15H24ClN3O. The Morgan fingerprint density at radius 1 is 1.35 bits per heavy atom. The summed E-state index contributed by atoms with van der Waals surface area (Å²) in [7, 11) is 1.76. The van der Waals surface area contributed by atoms with Crippen LogP contribution in [0.5, 0.6) is 5.75 Å². The van der Waals surface area contributed by atoms with E-state index in [4.69, 9.17) is 16.3 Å². The van der Waals surface area contributed by atoms with Crippen LogP contribution in [-0.4, -0.2) is 25.2 Å². The van der Waals surface area contributed by atoms with Crippen molar-refractivity contribution in [2.75, 3.05) is 13.7 Å². The van der Waals surface area contributed by atoms with E-state index in [-0.39, 0.29) is 5.54 Å². The number of nitrogens with zero attached hydrogens (tertiary/aromatic N) is 1. The lowest BCUT2D eigenvalue weighted by atomic mass is 10.1. The van der Waals surface area contributed by atoms with Crippen molar-refractivity contribution in [1.29, 1.82) is 0 Å². The molecule has 0 spiro atoms.